The molecule has 0 amide bonds. The van der Waals surface area contributed by atoms with Crippen molar-refractivity contribution in [3.05, 3.63) is 42.1 Å². The third kappa shape index (κ3) is 3.54. The fourth-order valence-corrected chi connectivity index (χ4v) is 3.79. The molecule has 9 nitrogen and oxygen atoms in total. The quantitative estimate of drug-likeness (QED) is 0.659. The van der Waals surface area contributed by atoms with Gasteiger partial charge in [-0.1, -0.05) is 6.07 Å². The number of nitrogens with one attached hydrogen (secondary N) is 1. The molecule has 1 fully saturated rings. The number of carboxylic acid groups (broad SMARTS) is 1. The SMILES string of the molecule is O=C(O)C1CCN(c2nc(NCc3ccc4c(c3)OCO4)c3cccnc3n2)CC1. The summed E-state index contributed by atoms with van der Waals surface area (Å²) in [4.78, 5) is 27.0. The van der Waals surface area contributed by atoms with Crippen molar-refractivity contribution in [2.45, 2.75) is 19.4 Å². The Balaban J connectivity index is 1.39. The van der Waals surface area contributed by atoms with E-state index in [0.717, 1.165) is 22.4 Å². The number of nitrogens with zero attached hydrogens (tertiary/aromatic N) is 4. The molecule has 30 heavy (non-hydrogen) atoms. The summed E-state index contributed by atoms with van der Waals surface area (Å²) in [6.07, 6.45) is 2.87. The van der Waals surface area contributed by atoms with Gasteiger partial charge in [0.15, 0.2) is 17.1 Å². The number of benzene rings is 1. The van der Waals surface area contributed by atoms with Crippen LogP contribution in [0.4, 0.5) is 11.8 Å². The van der Waals surface area contributed by atoms with Gasteiger partial charge in [-0.05, 0) is 42.7 Å². The molecular weight excluding hydrogens is 386 g/mol. The van der Waals surface area contributed by atoms with Gasteiger partial charge >= 0.3 is 5.97 Å². The molecular formula is C21H21N5O4. The highest BCUT2D eigenvalue weighted by Crippen LogP contribution is 2.33. The van der Waals surface area contributed by atoms with Crippen molar-refractivity contribution in [3.8, 4) is 11.5 Å². The summed E-state index contributed by atoms with van der Waals surface area (Å²) < 4.78 is 10.8. The molecule has 4 heterocycles. The van der Waals surface area contributed by atoms with Crippen LogP contribution >= 0.6 is 0 Å². The Morgan fingerprint density at radius 3 is 2.83 bits per heavy atom. The van der Waals surface area contributed by atoms with Gasteiger partial charge in [-0.2, -0.15) is 9.97 Å². The topological polar surface area (TPSA) is 110 Å². The van der Waals surface area contributed by atoms with Gasteiger partial charge in [0.1, 0.15) is 5.82 Å². The maximum Gasteiger partial charge on any atom is 0.306 e. The van der Waals surface area contributed by atoms with Crippen molar-refractivity contribution in [1.82, 2.24) is 15.0 Å². The zero-order valence-electron chi connectivity index (χ0n) is 16.2. The second-order valence-corrected chi connectivity index (χ2v) is 7.39. The van der Waals surface area contributed by atoms with Crippen LogP contribution in [-0.4, -0.2) is 45.9 Å². The summed E-state index contributed by atoms with van der Waals surface area (Å²) in [5, 5.41) is 13.5. The smallest absolute Gasteiger partial charge is 0.306 e. The monoisotopic (exact) mass is 407 g/mol. The lowest BCUT2D eigenvalue weighted by atomic mass is 9.97. The summed E-state index contributed by atoms with van der Waals surface area (Å²) in [5.74, 6) is 1.72. The number of carbonyl (C=O) groups is 1. The van der Waals surface area contributed by atoms with Gasteiger partial charge in [-0.25, -0.2) is 4.98 Å². The van der Waals surface area contributed by atoms with E-state index < -0.39 is 5.97 Å². The summed E-state index contributed by atoms with van der Waals surface area (Å²) in [6.45, 7) is 2.02. The maximum absolute atomic E-state index is 11.2. The molecule has 5 rings (SSSR count). The summed E-state index contributed by atoms with van der Waals surface area (Å²) >= 11 is 0. The number of fused-ring (bicyclic) bond motifs is 2. The number of pyridine rings is 1. The molecule has 0 aliphatic carbocycles. The largest absolute Gasteiger partial charge is 0.481 e. The van der Waals surface area contributed by atoms with E-state index in [2.05, 4.69) is 15.3 Å². The van der Waals surface area contributed by atoms with Crippen LogP contribution in [0.1, 0.15) is 18.4 Å². The van der Waals surface area contributed by atoms with E-state index in [1.54, 1.807) is 6.20 Å². The Labute approximate surface area is 172 Å². The minimum atomic E-state index is -0.734. The Kier molecular flexibility index (Phi) is 4.70. The second kappa shape index (κ2) is 7.66. The molecule has 0 saturated carbocycles. The Hall–Kier alpha value is -3.62. The van der Waals surface area contributed by atoms with E-state index in [0.29, 0.717) is 49.9 Å². The predicted molar refractivity (Wildman–Crippen MR) is 110 cm³/mol. The van der Waals surface area contributed by atoms with Gasteiger partial charge in [-0.15, -0.1) is 0 Å². The second-order valence-electron chi connectivity index (χ2n) is 7.39. The molecule has 1 aromatic carbocycles. The highest BCUT2D eigenvalue weighted by Gasteiger charge is 2.26. The zero-order chi connectivity index (χ0) is 20.5. The Morgan fingerprint density at radius 2 is 2.00 bits per heavy atom. The van der Waals surface area contributed by atoms with Crippen LogP contribution in [0.3, 0.4) is 0 Å². The summed E-state index contributed by atoms with van der Waals surface area (Å²) in [6, 6.07) is 9.63. The van der Waals surface area contributed by atoms with Crippen molar-refractivity contribution in [2.24, 2.45) is 5.92 Å². The molecule has 1 saturated heterocycles. The van der Waals surface area contributed by atoms with Crippen LogP contribution < -0.4 is 19.7 Å². The first-order chi connectivity index (χ1) is 14.7. The van der Waals surface area contributed by atoms with Gasteiger partial charge in [0.2, 0.25) is 12.7 Å². The third-order valence-electron chi connectivity index (χ3n) is 5.48. The van der Waals surface area contributed by atoms with Crippen molar-refractivity contribution < 1.29 is 19.4 Å². The number of aliphatic carboxylic acids is 1. The molecule has 0 radical (unpaired) electrons. The summed E-state index contributed by atoms with van der Waals surface area (Å²) in [5.41, 5.74) is 1.65. The first-order valence-electron chi connectivity index (χ1n) is 9.90. The van der Waals surface area contributed by atoms with Crippen LogP contribution in [-0.2, 0) is 11.3 Å². The average molecular weight is 407 g/mol. The molecule has 154 valence electrons. The van der Waals surface area contributed by atoms with E-state index in [1.807, 2.05) is 35.2 Å². The van der Waals surface area contributed by atoms with Crippen molar-refractivity contribution in [1.29, 1.82) is 0 Å². The lowest BCUT2D eigenvalue weighted by molar-refractivity contribution is -0.142. The standard InChI is InChI=1S/C21H21N5O4/c27-20(28)14-5-8-26(9-6-14)21-24-18-15(2-1-7-22-18)19(25-21)23-11-13-3-4-16-17(10-13)30-12-29-16/h1-4,7,10,14H,5-6,8-9,11-12H2,(H,27,28)(H,22,23,24,25). The Morgan fingerprint density at radius 1 is 1.17 bits per heavy atom. The fourth-order valence-electron chi connectivity index (χ4n) is 3.79. The van der Waals surface area contributed by atoms with Crippen LogP contribution in [0.2, 0.25) is 0 Å². The van der Waals surface area contributed by atoms with Gasteiger partial charge in [0.05, 0.1) is 11.3 Å². The van der Waals surface area contributed by atoms with Crippen molar-refractivity contribution >= 4 is 28.8 Å². The Bertz CT molecular complexity index is 1100. The van der Waals surface area contributed by atoms with Crippen LogP contribution in [0.15, 0.2) is 36.5 Å². The molecule has 2 aliphatic heterocycles. The third-order valence-corrected chi connectivity index (χ3v) is 5.48. The molecule has 2 N–H and O–H groups in total. The number of hydrogen-bond donors (Lipinski definition) is 2. The van der Waals surface area contributed by atoms with Crippen molar-refractivity contribution in [3.63, 3.8) is 0 Å². The minimum Gasteiger partial charge on any atom is -0.481 e. The lowest BCUT2D eigenvalue weighted by Gasteiger charge is -2.30. The average Bonchev–Trinajstić information content (AvgIpc) is 3.25. The van der Waals surface area contributed by atoms with E-state index in [4.69, 9.17) is 14.5 Å². The highest BCUT2D eigenvalue weighted by molar-refractivity contribution is 5.87. The van der Waals surface area contributed by atoms with E-state index in [-0.39, 0.29) is 12.7 Å². The van der Waals surface area contributed by atoms with E-state index in [9.17, 15) is 9.90 Å². The number of ether oxygens (including phenoxy) is 2. The normalized spacial score (nSPS) is 16.1. The molecule has 2 aromatic heterocycles. The molecule has 3 aromatic rings. The van der Waals surface area contributed by atoms with Crippen LogP contribution in [0, 0.1) is 5.92 Å². The molecule has 0 bridgehead atoms. The number of aromatic nitrogens is 3. The first-order valence-corrected chi connectivity index (χ1v) is 9.90. The maximum atomic E-state index is 11.2. The predicted octanol–water partition coefficient (Wildman–Crippen LogP) is 2.67. The summed E-state index contributed by atoms with van der Waals surface area (Å²) in [7, 11) is 0. The zero-order valence-corrected chi connectivity index (χ0v) is 16.2. The van der Waals surface area contributed by atoms with Crippen LogP contribution in [0.5, 0.6) is 11.5 Å². The lowest BCUT2D eigenvalue weighted by Crippen LogP contribution is -2.37. The van der Waals surface area contributed by atoms with Gasteiger partial charge in [0.25, 0.3) is 0 Å². The molecule has 0 atom stereocenters. The molecule has 9 heteroatoms. The number of anilines is 2. The fraction of sp³-hybridized carbons (Fsp3) is 0.333. The van der Waals surface area contributed by atoms with Gasteiger partial charge in [-0.3, -0.25) is 4.79 Å². The molecule has 0 unspecified atom stereocenters. The van der Waals surface area contributed by atoms with Gasteiger partial charge < -0.3 is 24.8 Å². The van der Waals surface area contributed by atoms with E-state index >= 15 is 0 Å². The first kappa shape index (κ1) is 18.4. The van der Waals surface area contributed by atoms with Crippen molar-refractivity contribution in [2.75, 3.05) is 30.1 Å². The number of rotatable bonds is 5. The highest BCUT2D eigenvalue weighted by atomic mass is 16.7. The van der Waals surface area contributed by atoms with Crippen LogP contribution in [0.25, 0.3) is 11.0 Å². The minimum absolute atomic E-state index is 0.246. The number of hydrogen-bond acceptors (Lipinski definition) is 8. The number of carboxylic acids is 1. The molecule has 0 spiro atoms. The van der Waals surface area contributed by atoms with Gasteiger partial charge in [0, 0.05) is 25.8 Å². The number of piperidine rings is 1. The molecule has 2 aliphatic rings. The van der Waals surface area contributed by atoms with E-state index in [1.165, 1.54) is 0 Å².